The van der Waals surface area contributed by atoms with E-state index in [0.29, 0.717) is 19.3 Å². The van der Waals surface area contributed by atoms with Crippen molar-refractivity contribution in [1.82, 2.24) is 0 Å². The zero-order valence-corrected chi connectivity index (χ0v) is 44.6. The molecule has 0 saturated heterocycles. The lowest BCUT2D eigenvalue weighted by Gasteiger charge is -2.18. The lowest BCUT2D eigenvalue weighted by Crippen LogP contribution is -2.30. The van der Waals surface area contributed by atoms with Crippen molar-refractivity contribution in [2.75, 3.05) is 13.2 Å². The summed E-state index contributed by atoms with van der Waals surface area (Å²) in [6, 6.07) is 0. The summed E-state index contributed by atoms with van der Waals surface area (Å²) in [4.78, 5) is 38.1. The molecule has 0 fully saturated rings. The standard InChI is InChI=1S/C59H114O6/c1-6-8-9-10-11-12-29-34-39-44-49-57(60)63-52-56(65-59(62)51-46-41-36-31-26-22-21-23-27-32-37-42-47-54(3)4)53-64-58(61)50-45-40-35-30-25-20-18-16-14-13-15-17-19-24-28-33-38-43-48-55(5)7-2/h54-56H,6-53H2,1-5H3/t55?,56-/m1/s1. The summed E-state index contributed by atoms with van der Waals surface area (Å²) in [5, 5.41) is 0. The van der Waals surface area contributed by atoms with Crippen molar-refractivity contribution in [1.29, 1.82) is 0 Å². The maximum Gasteiger partial charge on any atom is 0.306 e. The van der Waals surface area contributed by atoms with Crippen LogP contribution in [0, 0.1) is 11.8 Å². The fourth-order valence-corrected chi connectivity index (χ4v) is 9.02. The van der Waals surface area contributed by atoms with Crippen LogP contribution in [0.1, 0.15) is 330 Å². The van der Waals surface area contributed by atoms with Crippen molar-refractivity contribution in [3.8, 4) is 0 Å². The maximum atomic E-state index is 12.8. The first kappa shape index (κ1) is 63.4. The van der Waals surface area contributed by atoms with Crippen LogP contribution in [-0.2, 0) is 28.6 Å². The molecule has 386 valence electrons. The Morgan fingerprint density at radius 2 is 0.585 bits per heavy atom. The summed E-state index contributed by atoms with van der Waals surface area (Å²) in [6.07, 6.45) is 55.2. The number of carbonyl (C=O) groups excluding carboxylic acids is 3. The molecule has 0 aromatic carbocycles. The number of esters is 3. The first-order valence-electron chi connectivity index (χ1n) is 29.3. The maximum absolute atomic E-state index is 12.8. The molecule has 0 aliphatic carbocycles. The zero-order valence-electron chi connectivity index (χ0n) is 44.6. The second-order valence-corrected chi connectivity index (χ2v) is 21.0. The van der Waals surface area contributed by atoms with Gasteiger partial charge in [-0.05, 0) is 31.1 Å². The van der Waals surface area contributed by atoms with Crippen LogP contribution in [0.2, 0.25) is 0 Å². The van der Waals surface area contributed by atoms with Gasteiger partial charge in [-0.2, -0.15) is 0 Å². The van der Waals surface area contributed by atoms with Crippen molar-refractivity contribution in [3.05, 3.63) is 0 Å². The monoisotopic (exact) mass is 919 g/mol. The molecule has 0 aliphatic heterocycles. The highest BCUT2D eigenvalue weighted by atomic mass is 16.6. The molecule has 65 heavy (non-hydrogen) atoms. The normalized spacial score (nSPS) is 12.5. The highest BCUT2D eigenvalue weighted by molar-refractivity contribution is 5.71. The first-order valence-corrected chi connectivity index (χ1v) is 29.3. The molecule has 0 radical (unpaired) electrons. The van der Waals surface area contributed by atoms with Gasteiger partial charge in [0.2, 0.25) is 0 Å². The molecule has 1 unspecified atom stereocenters. The Labute approximate surface area is 406 Å². The Hall–Kier alpha value is -1.59. The van der Waals surface area contributed by atoms with E-state index in [9.17, 15) is 14.4 Å². The van der Waals surface area contributed by atoms with Gasteiger partial charge in [0.05, 0.1) is 0 Å². The minimum atomic E-state index is -0.762. The Morgan fingerprint density at radius 1 is 0.323 bits per heavy atom. The van der Waals surface area contributed by atoms with E-state index < -0.39 is 6.10 Å². The minimum Gasteiger partial charge on any atom is -0.462 e. The molecule has 0 heterocycles. The SMILES string of the molecule is CCCCCCCCCCCCC(=O)OC[C@H](COC(=O)CCCCCCCCCCCCCCCCCCCCC(C)CC)OC(=O)CCCCCCCCCCCCCCC(C)C. The van der Waals surface area contributed by atoms with Gasteiger partial charge in [0.15, 0.2) is 6.10 Å². The van der Waals surface area contributed by atoms with E-state index in [-0.39, 0.29) is 31.1 Å². The Balaban J connectivity index is 4.19. The van der Waals surface area contributed by atoms with E-state index in [1.807, 2.05) is 0 Å². The Bertz CT molecular complexity index is 995. The molecule has 0 N–H and O–H groups in total. The van der Waals surface area contributed by atoms with Gasteiger partial charge >= 0.3 is 17.9 Å². The van der Waals surface area contributed by atoms with Gasteiger partial charge in [0.25, 0.3) is 0 Å². The van der Waals surface area contributed by atoms with E-state index in [1.165, 1.54) is 218 Å². The zero-order chi connectivity index (χ0) is 47.5. The Kier molecular flexibility index (Phi) is 50.5. The summed E-state index contributed by atoms with van der Waals surface area (Å²) in [6.45, 7) is 11.4. The molecule has 0 amide bonds. The van der Waals surface area contributed by atoms with Crippen LogP contribution < -0.4 is 0 Å². The average molecular weight is 920 g/mol. The molecule has 0 saturated carbocycles. The first-order chi connectivity index (χ1) is 31.8. The summed E-state index contributed by atoms with van der Waals surface area (Å²) >= 11 is 0. The number of hydrogen-bond donors (Lipinski definition) is 0. The summed E-state index contributed by atoms with van der Waals surface area (Å²) in [7, 11) is 0. The Morgan fingerprint density at radius 3 is 0.877 bits per heavy atom. The van der Waals surface area contributed by atoms with Gasteiger partial charge in [0.1, 0.15) is 13.2 Å². The van der Waals surface area contributed by atoms with Crippen LogP contribution in [0.3, 0.4) is 0 Å². The highest BCUT2D eigenvalue weighted by Crippen LogP contribution is 2.19. The van der Waals surface area contributed by atoms with Gasteiger partial charge in [-0.1, -0.05) is 291 Å². The van der Waals surface area contributed by atoms with E-state index >= 15 is 0 Å². The average Bonchev–Trinajstić information content (AvgIpc) is 3.29. The largest absolute Gasteiger partial charge is 0.462 e. The van der Waals surface area contributed by atoms with E-state index in [4.69, 9.17) is 14.2 Å². The summed E-state index contributed by atoms with van der Waals surface area (Å²) in [5.74, 6) is 0.901. The molecule has 6 nitrogen and oxygen atoms in total. The number of carbonyl (C=O) groups is 3. The molecule has 0 aromatic rings. The van der Waals surface area contributed by atoms with Crippen molar-refractivity contribution in [2.24, 2.45) is 11.8 Å². The lowest BCUT2D eigenvalue weighted by molar-refractivity contribution is -0.167. The molecule has 0 bridgehead atoms. The molecule has 0 rings (SSSR count). The molecule has 2 atom stereocenters. The number of unbranched alkanes of at least 4 members (excludes halogenated alkanes) is 37. The van der Waals surface area contributed by atoms with Crippen LogP contribution in [0.5, 0.6) is 0 Å². The summed E-state index contributed by atoms with van der Waals surface area (Å²) in [5.41, 5.74) is 0. The third kappa shape index (κ3) is 51.6. The topological polar surface area (TPSA) is 78.9 Å². The van der Waals surface area contributed by atoms with Gasteiger partial charge in [-0.3, -0.25) is 14.4 Å². The fraction of sp³-hybridized carbons (Fsp3) is 0.949. The van der Waals surface area contributed by atoms with E-state index in [2.05, 4.69) is 34.6 Å². The molecular formula is C59H114O6. The van der Waals surface area contributed by atoms with Crippen LogP contribution in [-0.4, -0.2) is 37.2 Å². The smallest absolute Gasteiger partial charge is 0.306 e. The van der Waals surface area contributed by atoms with Crippen LogP contribution >= 0.6 is 0 Å². The van der Waals surface area contributed by atoms with E-state index in [0.717, 1.165) is 69.6 Å². The van der Waals surface area contributed by atoms with Crippen LogP contribution in [0.25, 0.3) is 0 Å². The van der Waals surface area contributed by atoms with Gasteiger partial charge in [-0.25, -0.2) is 0 Å². The molecule has 0 aromatic heterocycles. The fourth-order valence-electron chi connectivity index (χ4n) is 9.02. The molecular weight excluding hydrogens is 805 g/mol. The number of ether oxygens (including phenoxy) is 3. The van der Waals surface area contributed by atoms with Crippen molar-refractivity contribution < 1.29 is 28.6 Å². The van der Waals surface area contributed by atoms with Crippen molar-refractivity contribution >= 4 is 17.9 Å². The number of rotatable bonds is 53. The third-order valence-corrected chi connectivity index (χ3v) is 13.8. The van der Waals surface area contributed by atoms with Gasteiger partial charge < -0.3 is 14.2 Å². The summed E-state index contributed by atoms with van der Waals surface area (Å²) < 4.78 is 16.9. The van der Waals surface area contributed by atoms with Crippen molar-refractivity contribution in [3.63, 3.8) is 0 Å². The lowest BCUT2D eigenvalue weighted by atomic mass is 9.99. The minimum absolute atomic E-state index is 0.0627. The molecule has 0 spiro atoms. The molecule has 0 aliphatic rings. The third-order valence-electron chi connectivity index (χ3n) is 13.8. The van der Waals surface area contributed by atoms with E-state index in [1.54, 1.807) is 0 Å². The van der Waals surface area contributed by atoms with Crippen LogP contribution in [0.4, 0.5) is 0 Å². The predicted molar refractivity (Wildman–Crippen MR) is 280 cm³/mol. The highest BCUT2D eigenvalue weighted by Gasteiger charge is 2.19. The van der Waals surface area contributed by atoms with Gasteiger partial charge in [-0.15, -0.1) is 0 Å². The van der Waals surface area contributed by atoms with Crippen LogP contribution in [0.15, 0.2) is 0 Å². The van der Waals surface area contributed by atoms with Crippen molar-refractivity contribution in [2.45, 2.75) is 336 Å². The molecule has 6 heteroatoms. The number of hydrogen-bond acceptors (Lipinski definition) is 6. The quantitative estimate of drug-likeness (QED) is 0.0344. The second-order valence-electron chi connectivity index (χ2n) is 21.0. The second kappa shape index (κ2) is 51.8. The van der Waals surface area contributed by atoms with Gasteiger partial charge in [0, 0.05) is 19.3 Å². The predicted octanol–water partition coefficient (Wildman–Crippen LogP) is 19.3.